The smallest absolute Gasteiger partial charge is 0.231 e. The zero-order chi connectivity index (χ0) is 16.9. The Morgan fingerprint density at radius 1 is 1.20 bits per heavy atom. The average Bonchev–Trinajstić information content (AvgIpc) is 3.05. The van der Waals surface area contributed by atoms with E-state index < -0.39 is 0 Å². The van der Waals surface area contributed by atoms with Crippen LogP contribution in [-0.2, 0) is 6.54 Å². The number of hydrogen-bond acceptors (Lipinski definition) is 5. The second-order valence-corrected chi connectivity index (χ2v) is 6.39. The van der Waals surface area contributed by atoms with Crippen LogP contribution in [0.5, 0.6) is 11.5 Å². The highest BCUT2D eigenvalue weighted by atomic mass is 127. The molecule has 2 heterocycles. The summed E-state index contributed by atoms with van der Waals surface area (Å²) >= 11 is 0. The fraction of sp³-hybridized carbons (Fsp3) is 0.588. The molecule has 0 aliphatic carbocycles. The second-order valence-electron chi connectivity index (χ2n) is 6.39. The molecule has 1 fully saturated rings. The molecule has 140 valence electrons. The molecule has 7 nitrogen and oxygen atoms in total. The van der Waals surface area contributed by atoms with Gasteiger partial charge < -0.3 is 25.0 Å². The molecule has 8 heteroatoms. The number of benzene rings is 1. The van der Waals surface area contributed by atoms with E-state index in [-0.39, 0.29) is 24.0 Å². The van der Waals surface area contributed by atoms with Crippen LogP contribution in [0, 0.1) is 0 Å². The number of ether oxygens (including phenoxy) is 2. The lowest BCUT2D eigenvalue weighted by Gasteiger charge is -2.37. The molecule has 1 aromatic rings. The summed E-state index contributed by atoms with van der Waals surface area (Å²) in [6.07, 6.45) is 0. The standard InChI is InChI=1S/C17H27N5O2.HI/c1-18-17(20-10-14-11-21(2)6-7-22(14)3)19-9-13-4-5-15-16(8-13)24-12-23-15;/h4-5,8,14H,6-7,9-12H2,1-3H3,(H2,18,19,20);1H. The summed E-state index contributed by atoms with van der Waals surface area (Å²) in [5, 5.41) is 6.78. The van der Waals surface area contributed by atoms with Crippen molar-refractivity contribution in [2.45, 2.75) is 12.6 Å². The minimum atomic E-state index is 0. The normalized spacial score (nSPS) is 20.9. The van der Waals surface area contributed by atoms with Gasteiger partial charge in [0.1, 0.15) is 0 Å². The van der Waals surface area contributed by atoms with E-state index in [0.29, 0.717) is 19.4 Å². The van der Waals surface area contributed by atoms with Crippen LogP contribution in [0.25, 0.3) is 0 Å². The lowest BCUT2D eigenvalue weighted by molar-refractivity contribution is 0.116. The van der Waals surface area contributed by atoms with Crippen molar-refractivity contribution in [3.05, 3.63) is 23.8 Å². The Kier molecular flexibility index (Phi) is 7.57. The minimum absolute atomic E-state index is 0. The van der Waals surface area contributed by atoms with Crippen molar-refractivity contribution in [3.63, 3.8) is 0 Å². The molecule has 25 heavy (non-hydrogen) atoms. The van der Waals surface area contributed by atoms with Crippen LogP contribution in [0.2, 0.25) is 0 Å². The molecule has 0 bridgehead atoms. The molecular weight excluding hydrogens is 433 g/mol. The maximum Gasteiger partial charge on any atom is 0.231 e. The summed E-state index contributed by atoms with van der Waals surface area (Å²) in [7, 11) is 6.15. The van der Waals surface area contributed by atoms with E-state index >= 15 is 0 Å². The van der Waals surface area contributed by atoms with Crippen LogP contribution in [0.1, 0.15) is 5.56 Å². The van der Waals surface area contributed by atoms with Crippen molar-refractivity contribution in [2.75, 3.05) is 54.1 Å². The lowest BCUT2D eigenvalue weighted by atomic mass is 10.2. The van der Waals surface area contributed by atoms with Gasteiger partial charge in [-0.05, 0) is 31.8 Å². The van der Waals surface area contributed by atoms with Crippen LogP contribution in [0.3, 0.4) is 0 Å². The Morgan fingerprint density at radius 2 is 2.00 bits per heavy atom. The third-order valence-electron chi connectivity index (χ3n) is 4.61. The zero-order valence-electron chi connectivity index (χ0n) is 15.1. The first-order valence-electron chi connectivity index (χ1n) is 8.37. The second kappa shape index (κ2) is 9.44. The van der Waals surface area contributed by atoms with Crippen molar-refractivity contribution in [1.29, 1.82) is 0 Å². The van der Waals surface area contributed by atoms with Gasteiger partial charge in [-0.3, -0.25) is 9.89 Å². The quantitative estimate of drug-likeness (QED) is 0.396. The van der Waals surface area contributed by atoms with Gasteiger partial charge in [0, 0.05) is 45.8 Å². The number of aliphatic imine (C=N–C) groups is 1. The van der Waals surface area contributed by atoms with Gasteiger partial charge in [-0.25, -0.2) is 0 Å². The maximum atomic E-state index is 5.41. The Labute approximate surface area is 166 Å². The highest BCUT2D eigenvalue weighted by Crippen LogP contribution is 2.32. The maximum absolute atomic E-state index is 5.41. The van der Waals surface area contributed by atoms with E-state index in [9.17, 15) is 0 Å². The largest absolute Gasteiger partial charge is 0.454 e. The third kappa shape index (κ3) is 5.35. The summed E-state index contributed by atoms with van der Waals surface area (Å²) < 4.78 is 10.8. The van der Waals surface area contributed by atoms with Gasteiger partial charge in [0.15, 0.2) is 17.5 Å². The van der Waals surface area contributed by atoms with Gasteiger partial charge in [-0.15, -0.1) is 24.0 Å². The zero-order valence-corrected chi connectivity index (χ0v) is 17.4. The summed E-state index contributed by atoms with van der Waals surface area (Å²) in [6.45, 7) is 5.18. The molecule has 3 rings (SSSR count). The molecule has 0 amide bonds. The number of likely N-dealkylation sites (N-methyl/N-ethyl adjacent to an activating group) is 2. The van der Waals surface area contributed by atoms with E-state index in [2.05, 4.69) is 39.5 Å². The Hall–Kier alpha value is -1.26. The van der Waals surface area contributed by atoms with E-state index in [1.165, 1.54) is 0 Å². The Balaban J connectivity index is 0.00000225. The van der Waals surface area contributed by atoms with Gasteiger partial charge >= 0.3 is 0 Å². The van der Waals surface area contributed by atoms with E-state index in [4.69, 9.17) is 9.47 Å². The number of guanidine groups is 1. The number of fused-ring (bicyclic) bond motifs is 1. The van der Waals surface area contributed by atoms with Gasteiger partial charge in [-0.1, -0.05) is 6.07 Å². The van der Waals surface area contributed by atoms with Gasteiger partial charge in [0.25, 0.3) is 0 Å². The van der Waals surface area contributed by atoms with E-state index in [1.54, 1.807) is 7.05 Å². The number of hydrogen-bond donors (Lipinski definition) is 2. The van der Waals surface area contributed by atoms with Crippen molar-refractivity contribution in [3.8, 4) is 11.5 Å². The lowest BCUT2D eigenvalue weighted by Crippen LogP contribution is -2.55. The minimum Gasteiger partial charge on any atom is -0.454 e. The molecule has 0 aromatic heterocycles. The molecule has 0 saturated carbocycles. The number of piperazine rings is 1. The number of nitrogens with one attached hydrogen (secondary N) is 2. The molecule has 1 saturated heterocycles. The van der Waals surface area contributed by atoms with Crippen molar-refractivity contribution in [2.24, 2.45) is 4.99 Å². The molecule has 2 aliphatic heterocycles. The Morgan fingerprint density at radius 3 is 2.80 bits per heavy atom. The van der Waals surface area contributed by atoms with Gasteiger partial charge in [0.2, 0.25) is 6.79 Å². The van der Waals surface area contributed by atoms with Crippen molar-refractivity contribution in [1.82, 2.24) is 20.4 Å². The predicted octanol–water partition coefficient (Wildman–Crippen LogP) is 0.944. The molecule has 1 aromatic carbocycles. The molecule has 1 unspecified atom stereocenters. The summed E-state index contributed by atoms with van der Waals surface area (Å²) in [4.78, 5) is 9.08. The number of rotatable bonds is 4. The van der Waals surface area contributed by atoms with Gasteiger partial charge in [-0.2, -0.15) is 0 Å². The summed E-state index contributed by atoms with van der Waals surface area (Å²) in [5.74, 6) is 2.43. The van der Waals surface area contributed by atoms with Crippen LogP contribution in [-0.4, -0.2) is 75.9 Å². The van der Waals surface area contributed by atoms with Crippen LogP contribution in [0.15, 0.2) is 23.2 Å². The van der Waals surface area contributed by atoms with Crippen LogP contribution in [0.4, 0.5) is 0 Å². The first-order chi connectivity index (χ1) is 11.7. The fourth-order valence-electron chi connectivity index (χ4n) is 2.99. The topological polar surface area (TPSA) is 61.4 Å². The first-order valence-corrected chi connectivity index (χ1v) is 8.37. The monoisotopic (exact) mass is 461 g/mol. The van der Waals surface area contributed by atoms with Crippen LogP contribution >= 0.6 is 24.0 Å². The molecule has 0 radical (unpaired) electrons. The number of halogens is 1. The highest BCUT2D eigenvalue weighted by Gasteiger charge is 2.22. The SMILES string of the molecule is CN=C(NCc1ccc2c(c1)OCO2)NCC1CN(C)CCN1C.I. The first kappa shape index (κ1) is 20.1. The molecule has 1 atom stereocenters. The summed E-state index contributed by atoms with van der Waals surface area (Å²) in [5.41, 5.74) is 1.14. The van der Waals surface area contributed by atoms with E-state index in [1.807, 2.05) is 18.2 Å². The predicted molar refractivity (Wildman–Crippen MR) is 110 cm³/mol. The third-order valence-corrected chi connectivity index (χ3v) is 4.61. The summed E-state index contributed by atoms with van der Waals surface area (Å²) in [6, 6.07) is 6.49. The average molecular weight is 461 g/mol. The van der Waals surface area contributed by atoms with E-state index in [0.717, 1.165) is 49.2 Å². The molecule has 2 N–H and O–H groups in total. The molecule has 0 spiro atoms. The highest BCUT2D eigenvalue weighted by molar-refractivity contribution is 14.0. The van der Waals surface area contributed by atoms with Crippen molar-refractivity contribution >= 4 is 29.9 Å². The fourth-order valence-corrected chi connectivity index (χ4v) is 2.99. The van der Waals surface area contributed by atoms with Gasteiger partial charge in [0.05, 0.1) is 0 Å². The Bertz CT molecular complexity index is 598. The molecular formula is C17H28IN5O2. The van der Waals surface area contributed by atoms with Crippen molar-refractivity contribution < 1.29 is 9.47 Å². The number of nitrogens with zero attached hydrogens (tertiary/aromatic N) is 3. The molecule has 2 aliphatic rings. The van der Waals surface area contributed by atoms with Crippen LogP contribution < -0.4 is 20.1 Å².